The number of aryl methyl sites for hydroxylation is 2. The summed E-state index contributed by atoms with van der Waals surface area (Å²) in [5.41, 5.74) is 8.23. The van der Waals surface area contributed by atoms with Gasteiger partial charge in [0.1, 0.15) is 0 Å². The Balaban J connectivity index is 3.15. The Hall–Kier alpha value is -0.570. The van der Waals surface area contributed by atoms with Gasteiger partial charge in [-0.25, -0.2) is 0 Å². The Kier molecular flexibility index (Phi) is 3.31. The van der Waals surface area contributed by atoms with E-state index in [1.54, 1.807) is 6.07 Å². The van der Waals surface area contributed by atoms with Crippen molar-refractivity contribution in [2.24, 2.45) is 5.73 Å². The molecule has 1 atom stereocenters. The number of hydrogen-bond donors (Lipinski definition) is 2. The first-order chi connectivity index (χ1) is 6.06. The Morgan fingerprint density at radius 1 is 1.38 bits per heavy atom. The van der Waals surface area contributed by atoms with Crippen LogP contribution >= 0.6 is 11.6 Å². The topological polar surface area (TPSA) is 46.2 Å². The lowest BCUT2D eigenvalue weighted by Crippen LogP contribution is -2.12. The molecule has 0 fully saturated rings. The highest BCUT2D eigenvalue weighted by molar-refractivity contribution is 6.31. The molecule has 72 valence electrons. The molecule has 0 radical (unpaired) electrons. The number of hydrogen-bond acceptors (Lipinski definition) is 2. The number of benzene rings is 1. The second kappa shape index (κ2) is 4.09. The van der Waals surface area contributed by atoms with Gasteiger partial charge in [0.15, 0.2) is 0 Å². The zero-order chi connectivity index (χ0) is 10.0. The molecule has 1 unspecified atom stereocenters. The van der Waals surface area contributed by atoms with E-state index in [4.69, 9.17) is 17.3 Å². The summed E-state index contributed by atoms with van der Waals surface area (Å²) in [5, 5.41) is 10.2. The summed E-state index contributed by atoms with van der Waals surface area (Å²) in [5.74, 6) is 0. The van der Waals surface area contributed by atoms with E-state index in [2.05, 4.69) is 0 Å². The monoisotopic (exact) mass is 199 g/mol. The van der Waals surface area contributed by atoms with Gasteiger partial charge in [0.25, 0.3) is 0 Å². The molecule has 0 aromatic heterocycles. The molecule has 13 heavy (non-hydrogen) atoms. The molecular formula is C10H14ClNO. The molecule has 0 aliphatic heterocycles. The smallest absolute Gasteiger partial charge is 0.0915 e. The fraction of sp³-hybridized carbons (Fsp3) is 0.400. The van der Waals surface area contributed by atoms with E-state index in [1.165, 1.54) is 0 Å². The van der Waals surface area contributed by atoms with Gasteiger partial charge < -0.3 is 10.8 Å². The minimum atomic E-state index is -0.613. The third-order valence-electron chi connectivity index (χ3n) is 2.13. The number of nitrogens with two attached hydrogens (primary N) is 1. The maximum Gasteiger partial charge on any atom is 0.0915 e. The number of aliphatic hydroxyl groups excluding tert-OH is 1. The van der Waals surface area contributed by atoms with Crippen LogP contribution in [0.25, 0.3) is 0 Å². The standard InChI is InChI=1S/C10H14ClNO/c1-6-3-7(2)9(11)4-8(6)10(13)5-12/h3-4,10,13H,5,12H2,1-2H3. The summed E-state index contributed by atoms with van der Waals surface area (Å²) in [6.45, 7) is 4.10. The Bertz CT molecular complexity index is 312. The molecule has 0 bridgehead atoms. The molecule has 0 heterocycles. The van der Waals surface area contributed by atoms with E-state index < -0.39 is 6.10 Å². The molecule has 1 rings (SSSR count). The predicted octanol–water partition coefficient (Wildman–Crippen LogP) is 1.95. The zero-order valence-corrected chi connectivity index (χ0v) is 8.60. The first kappa shape index (κ1) is 10.5. The van der Waals surface area contributed by atoms with E-state index in [-0.39, 0.29) is 6.54 Å². The average molecular weight is 200 g/mol. The molecule has 0 aliphatic rings. The van der Waals surface area contributed by atoms with Crippen molar-refractivity contribution in [2.75, 3.05) is 6.54 Å². The van der Waals surface area contributed by atoms with Crippen LogP contribution in [0.1, 0.15) is 22.8 Å². The molecule has 1 aromatic carbocycles. The van der Waals surface area contributed by atoms with Crippen molar-refractivity contribution in [2.45, 2.75) is 20.0 Å². The van der Waals surface area contributed by atoms with Crippen LogP contribution in [0, 0.1) is 13.8 Å². The quantitative estimate of drug-likeness (QED) is 0.765. The van der Waals surface area contributed by atoms with Crippen molar-refractivity contribution >= 4 is 11.6 Å². The van der Waals surface area contributed by atoms with Crippen LogP contribution in [0.4, 0.5) is 0 Å². The normalized spacial score (nSPS) is 13.0. The van der Waals surface area contributed by atoms with Crippen LogP contribution < -0.4 is 5.73 Å². The van der Waals surface area contributed by atoms with Crippen molar-refractivity contribution in [3.63, 3.8) is 0 Å². The van der Waals surface area contributed by atoms with E-state index in [9.17, 15) is 5.11 Å². The van der Waals surface area contributed by atoms with Gasteiger partial charge in [-0.05, 0) is 36.6 Å². The lowest BCUT2D eigenvalue weighted by Gasteiger charge is -2.13. The van der Waals surface area contributed by atoms with Crippen molar-refractivity contribution in [3.8, 4) is 0 Å². The highest BCUT2D eigenvalue weighted by Gasteiger charge is 2.10. The van der Waals surface area contributed by atoms with Crippen LogP contribution in [0.15, 0.2) is 12.1 Å². The van der Waals surface area contributed by atoms with Gasteiger partial charge in [-0.1, -0.05) is 17.7 Å². The van der Waals surface area contributed by atoms with Crippen LogP contribution in [0.2, 0.25) is 5.02 Å². The molecule has 0 spiro atoms. The summed E-state index contributed by atoms with van der Waals surface area (Å²) in [4.78, 5) is 0. The van der Waals surface area contributed by atoms with E-state index >= 15 is 0 Å². The Morgan fingerprint density at radius 2 is 2.00 bits per heavy atom. The third kappa shape index (κ3) is 2.21. The molecule has 0 amide bonds. The number of aliphatic hydroxyl groups is 1. The maximum atomic E-state index is 9.54. The van der Waals surface area contributed by atoms with Crippen molar-refractivity contribution in [3.05, 3.63) is 33.8 Å². The van der Waals surface area contributed by atoms with Crippen molar-refractivity contribution in [1.29, 1.82) is 0 Å². The fourth-order valence-electron chi connectivity index (χ4n) is 1.33. The minimum absolute atomic E-state index is 0.222. The van der Waals surface area contributed by atoms with E-state index in [0.717, 1.165) is 16.7 Å². The Morgan fingerprint density at radius 3 is 2.54 bits per heavy atom. The first-order valence-corrected chi connectivity index (χ1v) is 4.59. The molecule has 3 heteroatoms. The summed E-state index contributed by atoms with van der Waals surface area (Å²) < 4.78 is 0. The molecular weight excluding hydrogens is 186 g/mol. The average Bonchev–Trinajstić information content (AvgIpc) is 2.10. The lowest BCUT2D eigenvalue weighted by atomic mass is 10.0. The Labute approximate surface area is 83.3 Å². The highest BCUT2D eigenvalue weighted by atomic mass is 35.5. The molecule has 1 aromatic rings. The van der Waals surface area contributed by atoms with Gasteiger partial charge in [0.2, 0.25) is 0 Å². The van der Waals surface area contributed by atoms with Crippen LogP contribution in [-0.2, 0) is 0 Å². The lowest BCUT2D eigenvalue weighted by molar-refractivity contribution is 0.186. The fourth-order valence-corrected chi connectivity index (χ4v) is 1.50. The van der Waals surface area contributed by atoms with Crippen molar-refractivity contribution in [1.82, 2.24) is 0 Å². The molecule has 3 N–H and O–H groups in total. The van der Waals surface area contributed by atoms with Crippen molar-refractivity contribution < 1.29 is 5.11 Å². The van der Waals surface area contributed by atoms with E-state index in [0.29, 0.717) is 5.02 Å². The van der Waals surface area contributed by atoms with Gasteiger partial charge >= 0.3 is 0 Å². The number of halogens is 1. The second-order valence-corrected chi connectivity index (χ2v) is 3.62. The molecule has 0 saturated carbocycles. The van der Waals surface area contributed by atoms with Crippen LogP contribution in [0.3, 0.4) is 0 Å². The van der Waals surface area contributed by atoms with Gasteiger partial charge in [-0.15, -0.1) is 0 Å². The zero-order valence-electron chi connectivity index (χ0n) is 7.84. The predicted molar refractivity (Wildman–Crippen MR) is 54.9 cm³/mol. The summed E-state index contributed by atoms with van der Waals surface area (Å²) in [6.07, 6.45) is -0.613. The van der Waals surface area contributed by atoms with Gasteiger partial charge in [-0.2, -0.15) is 0 Å². The van der Waals surface area contributed by atoms with Gasteiger partial charge in [-0.3, -0.25) is 0 Å². The van der Waals surface area contributed by atoms with Gasteiger partial charge in [0.05, 0.1) is 6.10 Å². The molecule has 0 saturated heterocycles. The van der Waals surface area contributed by atoms with Crippen LogP contribution in [0.5, 0.6) is 0 Å². The minimum Gasteiger partial charge on any atom is -0.387 e. The summed E-state index contributed by atoms with van der Waals surface area (Å²) >= 11 is 5.93. The molecule has 0 aliphatic carbocycles. The maximum absolute atomic E-state index is 9.54. The molecule has 2 nitrogen and oxygen atoms in total. The van der Waals surface area contributed by atoms with E-state index in [1.807, 2.05) is 19.9 Å². The third-order valence-corrected chi connectivity index (χ3v) is 2.54. The van der Waals surface area contributed by atoms with Gasteiger partial charge in [0, 0.05) is 11.6 Å². The first-order valence-electron chi connectivity index (χ1n) is 4.21. The number of rotatable bonds is 2. The summed E-state index contributed by atoms with van der Waals surface area (Å²) in [6, 6.07) is 3.74. The van der Waals surface area contributed by atoms with Crippen LogP contribution in [-0.4, -0.2) is 11.7 Å². The largest absolute Gasteiger partial charge is 0.387 e. The highest BCUT2D eigenvalue weighted by Crippen LogP contribution is 2.24. The second-order valence-electron chi connectivity index (χ2n) is 3.21. The summed E-state index contributed by atoms with van der Waals surface area (Å²) in [7, 11) is 0. The SMILES string of the molecule is Cc1cc(C)c(C(O)CN)cc1Cl.